The highest BCUT2D eigenvalue weighted by Gasteiger charge is 2.18. The minimum atomic E-state index is -0.202. The first-order chi connectivity index (χ1) is 9.60. The summed E-state index contributed by atoms with van der Waals surface area (Å²) in [5.74, 6) is 5.29. The number of hydrogen-bond acceptors (Lipinski definition) is 3. The summed E-state index contributed by atoms with van der Waals surface area (Å²) in [4.78, 5) is 14.2. The largest absolute Gasteiger partial charge is 0.396 e. The molecule has 0 radical (unpaired) electrons. The number of carbonyl (C=O) groups is 1. The highest BCUT2D eigenvalue weighted by atomic mass is 16.3. The molecule has 4 heteroatoms. The van der Waals surface area contributed by atoms with Crippen molar-refractivity contribution in [3.05, 3.63) is 35.4 Å². The van der Waals surface area contributed by atoms with Gasteiger partial charge in [-0.15, -0.1) is 0 Å². The monoisotopic (exact) mass is 275 g/mol. The van der Waals surface area contributed by atoms with Crippen LogP contribution in [0.3, 0.4) is 0 Å². The third-order valence-corrected chi connectivity index (χ3v) is 2.86. The van der Waals surface area contributed by atoms with E-state index in [1.165, 1.54) is 0 Å². The van der Waals surface area contributed by atoms with Crippen molar-refractivity contribution in [2.24, 2.45) is 0 Å². The molecule has 20 heavy (non-hydrogen) atoms. The highest BCUT2D eigenvalue weighted by molar-refractivity contribution is 5.94. The van der Waals surface area contributed by atoms with Gasteiger partial charge in [0.05, 0.1) is 0 Å². The number of nitrogens with zero attached hydrogens (tertiary/aromatic N) is 1. The van der Waals surface area contributed by atoms with Crippen LogP contribution in [0.25, 0.3) is 0 Å². The number of benzene rings is 1. The summed E-state index contributed by atoms with van der Waals surface area (Å²) in [5, 5.41) is 17.6. The minimum absolute atomic E-state index is 0.0680. The lowest BCUT2D eigenvalue weighted by Crippen LogP contribution is -2.38. The third kappa shape index (κ3) is 4.69. The van der Waals surface area contributed by atoms with E-state index in [0.29, 0.717) is 24.1 Å². The second kappa shape index (κ2) is 8.36. The van der Waals surface area contributed by atoms with E-state index in [9.17, 15) is 4.79 Å². The average Bonchev–Trinajstić information content (AvgIpc) is 2.45. The predicted molar refractivity (Wildman–Crippen MR) is 78.3 cm³/mol. The van der Waals surface area contributed by atoms with Crippen molar-refractivity contribution in [2.45, 2.75) is 26.3 Å². The lowest BCUT2D eigenvalue weighted by atomic mass is 10.1. The molecule has 0 atom stereocenters. The first-order valence-corrected chi connectivity index (χ1v) is 6.71. The summed E-state index contributed by atoms with van der Waals surface area (Å²) in [7, 11) is 0. The second-order valence-electron chi connectivity index (χ2n) is 4.71. The molecule has 2 N–H and O–H groups in total. The summed E-state index contributed by atoms with van der Waals surface area (Å²) in [6.07, 6.45) is 0.563. The summed E-state index contributed by atoms with van der Waals surface area (Å²) in [5.41, 5.74) is 1.28. The van der Waals surface area contributed by atoms with Crippen molar-refractivity contribution in [1.82, 2.24) is 4.90 Å². The topological polar surface area (TPSA) is 60.8 Å². The molecular weight excluding hydrogens is 254 g/mol. The van der Waals surface area contributed by atoms with E-state index in [2.05, 4.69) is 11.8 Å². The molecule has 1 aromatic rings. The Bertz CT molecular complexity index is 500. The molecule has 0 saturated carbocycles. The van der Waals surface area contributed by atoms with Crippen molar-refractivity contribution in [3.8, 4) is 11.8 Å². The van der Waals surface area contributed by atoms with Crippen molar-refractivity contribution in [2.75, 3.05) is 19.8 Å². The molecule has 0 unspecified atom stereocenters. The van der Waals surface area contributed by atoms with E-state index in [1.54, 1.807) is 29.2 Å². The van der Waals surface area contributed by atoms with E-state index in [0.717, 1.165) is 0 Å². The van der Waals surface area contributed by atoms with Crippen LogP contribution >= 0.6 is 0 Å². The molecule has 0 heterocycles. The molecular formula is C16H21NO3. The van der Waals surface area contributed by atoms with Crippen LogP contribution in [0.4, 0.5) is 0 Å². The lowest BCUT2D eigenvalue weighted by Gasteiger charge is -2.26. The van der Waals surface area contributed by atoms with Gasteiger partial charge >= 0.3 is 0 Å². The van der Waals surface area contributed by atoms with E-state index >= 15 is 0 Å². The van der Waals surface area contributed by atoms with Crippen LogP contribution in [-0.4, -0.2) is 46.8 Å². The normalized spacial score (nSPS) is 10.1. The number of amides is 1. The lowest BCUT2D eigenvalue weighted by molar-refractivity contribution is 0.0693. The molecule has 0 saturated heterocycles. The Balaban J connectivity index is 2.93. The molecule has 0 aliphatic rings. The van der Waals surface area contributed by atoms with Crippen molar-refractivity contribution < 1.29 is 15.0 Å². The van der Waals surface area contributed by atoms with Gasteiger partial charge in [0.1, 0.15) is 6.61 Å². The van der Waals surface area contributed by atoms with Crippen LogP contribution in [0, 0.1) is 11.8 Å². The Morgan fingerprint density at radius 3 is 2.70 bits per heavy atom. The SMILES string of the molecule is CC(C)N(CCCO)C(=O)c1cccc(C#CCO)c1. The number of rotatable bonds is 5. The van der Waals surface area contributed by atoms with Crippen molar-refractivity contribution in [3.63, 3.8) is 0 Å². The zero-order valence-electron chi connectivity index (χ0n) is 12.0. The average molecular weight is 275 g/mol. The van der Waals surface area contributed by atoms with Crippen LogP contribution in [0.15, 0.2) is 24.3 Å². The second-order valence-corrected chi connectivity index (χ2v) is 4.71. The molecule has 1 amide bonds. The maximum atomic E-state index is 12.5. The summed E-state index contributed by atoms with van der Waals surface area (Å²) in [6.45, 7) is 4.29. The van der Waals surface area contributed by atoms with Gasteiger partial charge in [0.15, 0.2) is 0 Å². The predicted octanol–water partition coefficient (Wildman–Crippen LogP) is 1.26. The molecule has 108 valence electrons. The summed E-state index contributed by atoms with van der Waals surface area (Å²) in [6, 6.07) is 7.12. The summed E-state index contributed by atoms with van der Waals surface area (Å²) >= 11 is 0. The van der Waals surface area contributed by atoms with E-state index < -0.39 is 0 Å². The van der Waals surface area contributed by atoms with Crippen molar-refractivity contribution >= 4 is 5.91 Å². The number of aliphatic hydroxyl groups is 2. The zero-order valence-corrected chi connectivity index (χ0v) is 12.0. The molecule has 0 fully saturated rings. The maximum Gasteiger partial charge on any atom is 0.254 e. The molecule has 0 spiro atoms. The highest BCUT2D eigenvalue weighted by Crippen LogP contribution is 2.11. The van der Waals surface area contributed by atoms with E-state index in [-0.39, 0.29) is 25.2 Å². The van der Waals surface area contributed by atoms with Crippen LogP contribution in [0.1, 0.15) is 36.2 Å². The van der Waals surface area contributed by atoms with Gasteiger partial charge in [-0.2, -0.15) is 0 Å². The Morgan fingerprint density at radius 1 is 1.35 bits per heavy atom. The molecule has 0 aliphatic heterocycles. The zero-order chi connectivity index (χ0) is 15.0. The fraction of sp³-hybridized carbons (Fsp3) is 0.438. The van der Waals surface area contributed by atoms with Gasteiger partial charge in [0.25, 0.3) is 5.91 Å². The number of hydrogen-bond donors (Lipinski definition) is 2. The first-order valence-electron chi connectivity index (χ1n) is 6.71. The van der Waals surface area contributed by atoms with Gasteiger partial charge in [-0.3, -0.25) is 4.79 Å². The maximum absolute atomic E-state index is 12.5. The van der Waals surface area contributed by atoms with Crippen LogP contribution in [0.5, 0.6) is 0 Å². The van der Waals surface area contributed by atoms with E-state index in [1.807, 2.05) is 13.8 Å². The number of carbonyl (C=O) groups excluding carboxylic acids is 1. The fourth-order valence-electron chi connectivity index (χ4n) is 1.87. The first kappa shape index (κ1) is 16.2. The quantitative estimate of drug-likeness (QED) is 0.795. The smallest absolute Gasteiger partial charge is 0.254 e. The molecule has 0 bridgehead atoms. The Labute approximate surface area is 120 Å². The van der Waals surface area contributed by atoms with Crippen LogP contribution in [-0.2, 0) is 0 Å². The third-order valence-electron chi connectivity index (χ3n) is 2.86. The Hall–Kier alpha value is -1.83. The number of aliphatic hydroxyl groups excluding tert-OH is 2. The van der Waals surface area contributed by atoms with Gasteiger partial charge in [0.2, 0.25) is 0 Å². The van der Waals surface area contributed by atoms with Gasteiger partial charge in [0, 0.05) is 30.3 Å². The van der Waals surface area contributed by atoms with Gasteiger partial charge in [-0.25, -0.2) is 0 Å². The Morgan fingerprint density at radius 2 is 2.10 bits per heavy atom. The van der Waals surface area contributed by atoms with Gasteiger partial charge in [-0.05, 0) is 38.5 Å². The molecule has 1 rings (SSSR count). The molecule has 1 aromatic carbocycles. The standard InChI is InChI=1S/C16H21NO3/c1-13(2)17(9-5-11-19)16(20)15-8-3-6-14(12-15)7-4-10-18/h3,6,8,12-13,18-19H,5,9-11H2,1-2H3. The molecule has 4 nitrogen and oxygen atoms in total. The van der Waals surface area contributed by atoms with E-state index in [4.69, 9.17) is 10.2 Å². The van der Waals surface area contributed by atoms with Crippen molar-refractivity contribution in [1.29, 1.82) is 0 Å². The van der Waals surface area contributed by atoms with Crippen LogP contribution in [0.2, 0.25) is 0 Å². The van der Waals surface area contributed by atoms with Gasteiger partial charge < -0.3 is 15.1 Å². The Kier molecular flexibility index (Phi) is 6.78. The summed E-state index contributed by atoms with van der Waals surface area (Å²) < 4.78 is 0. The minimum Gasteiger partial charge on any atom is -0.396 e. The molecule has 0 aromatic heterocycles. The van der Waals surface area contributed by atoms with Crippen LogP contribution < -0.4 is 0 Å². The fourth-order valence-corrected chi connectivity index (χ4v) is 1.87. The van der Waals surface area contributed by atoms with Gasteiger partial charge in [-0.1, -0.05) is 17.9 Å². The molecule has 0 aliphatic carbocycles.